The summed E-state index contributed by atoms with van der Waals surface area (Å²) in [5.74, 6) is -3.93. The van der Waals surface area contributed by atoms with Gasteiger partial charge in [0.05, 0.1) is 0 Å². The number of hydrogen-bond donors (Lipinski definition) is 0. The molecule has 0 aliphatic heterocycles. The summed E-state index contributed by atoms with van der Waals surface area (Å²) in [6.07, 6.45) is -5.75. The van der Waals surface area contributed by atoms with Crippen molar-refractivity contribution in [3.8, 4) is 0 Å². The molecule has 1 aromatic rings. The van der Waals surface area contributed by atoms with Crippen molar-refractivity contribution in [2.24, 2.45) is 0 Å². The van der Waals surface area contributed by atoms with Gasteiger partial charge in [0.15, 0.2) is 5.76 Å². The number of aryl methyl sites for hydroxylation is 1. The van der Waals surface area contributed by atoms with Crippen LogP contribution in [0, 0.1) is 6.92 Å². The topological polar surface area (TPSA) is 60.4 Å². The molecule has 4 nitrogen and oxygen atoms in total. The molecule has 0 amide bonds. The molecule has 0 bridgehead atoms. The minimum atomic E-state index is -6.24. The number of halogens is 6. The third kappa shape index (κ3) is 4.71. The van der Waals surface area contributed by atoms with Gasteiger partial charge in [-0.3, -0.25) is 4.79 Å². The Hall–Kier alpha value is -2.04. The lowest BCUT2D eigenvalue weighted by atomic mass is 10.1. The molecule has 0 spiro atoms. The highest BCUT2D eigenvalue weighted by molar-refractivity contribution is 7.87. The average molecular weight is 362 g/mol. The van der Waals surface area contributed by atoms with Crippen molar-refractivity contribution in [3.63, 3.8) is 0 Å². The first kappa shape index (κ1) is 19.0. The van der Waals surface area contributed by atoms with E-state index in [-0.39, 0.29) is 11.6 Å². The molecule has 0 heterocycles. The molecule has 0 unspecified atom stereocenters. The highest BCUT2D eigenvalue weighted by Crippen LogP contribution is 2.31. The molecule has 0 aliphatic rings. The van der Waals surface area contributed by atoms with E-state index in [1.165, 1.54) is 25.1 Å². The Morgan fingerprint density at radius 1 is 1.09 bits per heavy atom. The van der Waals surface area contributed by atoms with E-state index >= 15 is 0 Å². The van der Waals surface area contributed by atoms with Gasteiger partial charge in [-0.1, -0.05) is 24.3 Å². The maximum absolute atomic E-state index is 12.3. The third-order valence-electron chi connectivity index (χ3n) is 2.44. The minimum absolute atomic E-state index is 0.103. The molecular formula is C12H8F6O4S. The van der Waals surface area contributed by atoms with Crippen LogP contribution in [0.4, 0.5) is 26.3 Å². The Kier molecular flexibility index (Phi) is 5.14. The number of carbonyl (C=O) groups is 1. The molecule has 11 heteroatoms. The van der Waals surface area contributed by atoms with Gasteiger partial charge in [-0.25, -0.2) is 0 Å². The predicted molar refractivity (Wildman–Crippen MR) is 66.3 cm³/mol. The molecule has 1 aromatic carbocycles. The zero-order chi connectivity index (χ0) is 18.1. The summed E-state index contributed by atoms with van der Waals surface area (Å²) in [7, 11) is -6.24. The zero-order valence-corrected chi connectivity index (χ0v) is 12.0. The van der Waals surface area contributed by atoms with Gasteiger partial charge in [0.1, 0.15) is 0 Å². The summed E-state index contributed by atoms with van der Waals surface area (Å²) in [4.78, 5) is 10.9. The zero-order valence-electron chi connectivity index (χ0n) is 11.2. The van der Waals surface area contributed by atoms with Crippen LogP contribution >= 0.6 is 0 Å². The molecule has 0 saturated heterocycles. The van der Waals surface area contributed by atoms with E-state index in [9.17, 15) is 39.6 Å². The summed E-state index contributed by atoms with van der Waals surface area (Å²) >= 11 is 0. The summed E-state index contributed by atoms with van der Waals surface area (Å²) in [5, 5.41) is 0. The Balaban J connectivity index is 3.44. The molecule has 0 aliphatic carbocycles. The van der Waals surface area contributed by atoms with Crippen LogP contribution in [0.1, 0.15) is 11.1 Å². The third-order valence-corrected chi connectivity index (χ3v) is 3.40. The number of rotatable bonds is 4. The Morgan fingerprint density at radius 2 is 1.61 bits per heavy atom. The largest absolute Gasteiger partial charge is 0.534 e. The molecule has 23 heavy (non-hydrogen) atoms. The standard InChI is InChI=1S/C12H8F6O4S/c1-7-4-2-3-5-8(7)9(6-10(19)11(13,14)15)22-23(20,21)12(16,17)18/h2-6H,1H3. The van der Waals surface area contributed by atoms with E-state index < -0.39 is 38.9 Å². The Bertz CT molecular complexity index is 731. The van der Waals surface area contributed by atoms with Crippen molar-refractivity contribution in [2.75, 3.05) is 0 Å². The van der Waals surface area contributed by atoms with Crippen molar-refractivity contribution in [2.45, 2.75) is 18.6 Å². The van der Waals surface area contributed by atoms with Crippen molar-refractivity contribution in [3.05, 3.63) is 41.5 Å². The molecular weight excluding hydrogens is 354 g/mol. The first-order valence-electron chi connectivity index (χ1n) is 5.65. The second kappa shape index (κ2) is 6.22. The summed E-state index contributed by atoms with van der Waals surface area (Å²) in [5.41, 5.74) is -6.17. The van der Waals surface area contributed by atoms with Gasteiger partial charge in [-0.05, 0) is 12.5 Å². The maximum Gasteiger partial charge on any atom is 0.534 e. The lowest BCUT2D eigenvalue weighted by Crippen LogP contribution is -2.26. The van der Waals surface area contributed by atoms with Crippen LogP contribution in [0.3, 0.4) is 0 Å². The van der Waals surface area contributed by atoms with Gasteiger partial charge >= 0.3 is 21.8 Å². The van der Waals surface area contributed by atoms with Crippen LogP contribution in [0.2, 0.25) is 0 Å². The average Bonchev–Trinajstić information content (AvgIpc) is 2.35. The van der Waals surface area contributed by atoms with E-state index in [1.807, 2.05) is 0 Å². The predicted octanol–water partition coefficient (Wildman–Crippen LogP) is 3.33. The minimum Gasteiger partial charge on any atom is -0.375 e. The van der Waals surface area contributed by atoms with Crippen LogP contribution in [0.5, 0.6) is 0 Å². The first-order valence-corrected chi connectivity index (χ1v) is 7.06. The number of allylic oxidation sites excluding steroid dienone is 1. The molecule has 0 fully saturated rings. The number of carbonyl (C=O) groups excluding carboxylic acids is 1. The molecule has 0 atom stereocenters. The van der Waals surface area contributed by atoms with E-state index in [0.29, 0.717) is 0 Å². The normalized spacial score (nSPS) is 13.8. The highest BCUT2D eigenvalue weighted by atomic mass is 32.2. The number of ketones is 1. The fourth-order valence-electron chi connectivity index (χ4n) is 1.36. The molecule has 0 N–H and O–H groups in total. The maximum atomic E-state index is 12.3. The van der Waals surface area contributed by atoms with Gasteiger partial charge in [-0.2, -0.15) is 34.8 Å². The van der Waals surface area contributed by atoms with Gasteiger partial charge < -0.3 is 4.18 Å². The SMILES string of the molecule is Cc1ccccc1C(=CC(=O)C(F)(F)F)OS(=O)(=O)C(F)(F)F. The van der Waals surface area contributed by atoms with Gasteiger partial charge in [0.2, 0.25) is 0 Å². The van der Waals surface area contributed by atoms with Gasteiger partial charge in [-0.15, -0.1) is 0 Å². The summed E-state index contributed by atoms with van der Waals surface area (Å²) < 4.78 is 99.5. The second-order valence-electron chi connectivity index (χ2n) is 4.17. The van der Waals surface area contributed by atoms with Crippen LogP contribution in [-0.4, -0.2) is 25.9 Å². The van der Waals surface area contributed by atoms with Crippen LogP contribution in [0.25, 0.3) is 5.76 Å². The smallest absolute Gasteiger partial charge is 0.375 e. The lowest BCUT2D eigenvalue weighted by molar-refractivity contribution is -0.165. The quantitative estimate of drug-likeness (QED) is 0.271. The Morgan fingerprint density at radius 3 is 2.04 bits per heavy atom. The van der Waals surface area contributed by atoms with E-state index in [0.717, 1.165) is 6.07 Å². The molecule has 0 aromatic heterocycles. The second-order valence-corrected chi connectivity index (χ2v) is 5.71. The summed E-state index contributed by atoms with van der Waals surface area (Å²) in [6.45, 7) is 1.28. The van der Waals surface area contributed by atoms with E-state index in [2.05, 4.69) is 4.18 Å². The fourth-order valence-corrected chi connectivity index (χ4v) is 1.83. The first-order chi connectivity index (χ1) is 10.3. The molecule has 0 radical (unpaired) electrons. The van der Waals surface area contributed by atoms with E-state index in [1.54, 1.807) is 0 Å². The van der Waals surface area contributed by atoms with Crippen molar-refractivity contribution in [1.29, 1.82) is 0 Å². The lowest BCUT2D eigenvalue weighted by Gasteiger charge is -2.14. The van der Waals surface area contributed by atoms with E-state index in [4.69, 9.17) is 0 Å². The molecule has 128 valence electrons. The fraction of sp³-hybridized carbons (Fsp3) is 0.250. The van der Waals surface area contributed by atoms with Crippen molar-refractivity contribution in [1.82, 2.24) is 0 Å². The van der Waals surface area contributed by atoms with Gasteiger partial charge in [0.25, 0.3) is 5.78 Å². The highest BCUT2D eigenvalue weighted by Gasteiger charge is 2.49. The Labute approximate surface area is 126 Å². The van der Waals surface area contributed by atoms with Crippen molar-refractivity contribution < 1.29 is 43.7 Å². The number of benzene rings is 1. The monoisotopic (exact) mass is 362 g/mol. The van der Waals surface area contributed by atoms with Crippen LogP contribution < -0.4 is 0 Å². The molecule has 1 rings (SSSR count). The van der Waals surface area contributed by atoms with Crippen molar-refractivity contribution >= 4 is 21.7 Å². The van der Waals surface area contributed by atoms with Crippen LogP contribution in [-0.2, 0) is 19.1 Å². The number of hydrogen-bond acceptors (Lipinski definition) is 4. The van der Waals surface area contributed by atoms with Crippen LogP contribution in [0.15, 0.2) is 30.3 Å². The van der Waals surface area contributed by atoms with Gasteiger partial charge in [0, 0.05) is 11.6 Å². The number of alkyl halides is 6. The summed E-state index contributed by atoms with van der Waals surface area (Å²) in [6, 6.07) is 4.92. The molecule has 0 saturated carbocycles.